The fourth-order valence-electron chi connectivity index (χ4n) is 3.77. The maximum Gasteiger partial charge on any atom is 0.256 e. The monoisotopic (exact) mass is 412 g/mol. The number of nitrogens with zero attached hydrogens (tertiary/aromatic N) is 1. The van der Waals surface area contributed by atoms with Gasteiger partial charge in [-0.15, -0.1) is 0 Å². The molecule has 1 heterocycles. The summed E-state index contributed by atoms with van der Waals surface area (Å²) in [5, 5.41) is 4.83. The number of halogens is 3. The lowest BCUT2D eigenvalue weighted by Crippen LogP contribution is -2.46. The SMILES string of the molecule is O=C(NC1CCN(C(=O)c2ccc(F)c(F)c2F)CC1)c1cccc2ccccc12. The molecule has 3 aromatic rings. The molecule has 0 aliphatic carbocycles. The first kappa shape index (κ1) is 19.9. The molecule has 7 heteroatoms. The van der Waals surface area contributed by atoms with E-state index in [0.29, 0.717) is 18.4 Å². The van der Waals surface area contributed by atoms with Crippen LogP contribution in [-0.4, -0.2) is 35.8 Å². The van der Waals surface area contributed by atoms with Crippen LogP contribution < -0.4 is 5.32 Å². The van der Waals surface area contributed by atoms with Gasteiger partial charge in [0.15, 0.2) is 17.5 Å². The van der Waals surface area contributed by atoms with E-state index in [9.17, 15) is 22.8 Å². The van der Waals surface area contributed by atoms with Gasteiger partial charge >= 0.3 is 0 Å². The van der Waals surface area contributed by atoms with Crippen LogP contribution in [-0.2, 0) is 0 Å². The molecule has 1 aliphatic rings. The number of carbonyl (C=O) groups excluding carboxylic acids is 2. The Kier molecular flexibility index (Phi) is 5.44. The molecule has 0 saturated carbocycles. The van der Waals surface area contributed by atoms with Crippen molar-refractivity contribution in [2.24, 2.45) is 0 Å². The molecule has 0 spiro atoms. The minimum atomic E-state index is -1.65. The number of hydrogen-bond acceptors (Lipinski definition) is 2. The largest absolute Gasteiger partial charge is 0.349 e. The highest BCUT2D eigenvalue weighted by Gasteiger charge is 2.28. The summed E-state index contributed by atoms with van der Waals surface area (Å²) in [6.45, 7) is 0.551. The summed E-state index contributed by atoms with van der Waals surface area (Å²) < 4.78 is 40.4. The number of likely N-dealkylation sites (tertiary alicyclic amines) is 1. The van der Waals surface area contributed by atoms with Gasteiger partial charge in [-0.25, -0.2) is 13.2 Å². The molecular formula is C23H19F3N2O2. The molecule has 30 heavy (non-hydrogen) atoms. The van der Waals surface area contributed by atoms with Gasteiger partial charge in [0.25, 0.3) is 11.8 Å². The quantitative estimate of drug-likeness (QED) is 0.653. The molecule has 1 aliphatic heterocycles. The number of piperidine rings is 1. The molecule has 154 valence electrons. The summed E-state index contributed by atoms with van der Waals surface area (Å²) >= 11 is 0. The summed E-state index contributed by atoms with van der Waals surface area (Å²) in [6.07, 6.45) is 0.959. The first-order valence-electron chi connectivity index (χ1n) is 9.67. The molecule has 1 N–H and O–H groups in total. The van der Waals surface area contributed by atoms with E-state index in [-0.39, 0.29) is 25.0 Å². The smallest absolute Gasteiger partial charge is 0.256 e. The van der Waals surface area contributed by atoms with E-state index < -0.39 is 28.9 Å². The van der Waals surface area contributed by atoms with E-state index in [1.54, 1.807) is 6.07 Å². The highest BCUT2D eigenvalue weighted by molar-refractivity contribution is 6.07. The van der Waals surface area contributed by atoms with E-state index in [2.05, 4.69) is 5.32 Å². The van der Waals surface area contributed by atoms with Gasteiger partial charge in [0.2, 0.25) is 0 Å². The third-order valence-electron chi connectivity index (χ3n) is 5.42. The average molecular weight is 412 g/mol. The van der Waals surface area contributed by atoms with E-state index >= 15 is 0 Å². The van der Waals surface area contributed by atoms with Crippen molar-refractivity contribution in [2.75, 3.05) is 13.1 Å². The highest BCUT2D eigenvalue weighted by atomic mass is 19.2. The number of fused-ring (bicyclic) bond motifs is 1. The maximum absolute atomic E-state index is 13.9. The fraction of sp³-hybridized carbons (Fsp3) is 0.217. The molecule has 1 saturated heterocycles. The number of hydrogen-bond donors (Lipinski definition) is 1. The molecule has 2 amide bonds. The van der Waals surface area contributed by atoms with E-state index in [1.165, 1.54) is 4.90 Å². The zero-order valence-corrected chi connectivity index (χ0v) is 16.0. The molecule has 0 aromatic heterocycles. The van der Waals surface area contributed by atoms with Crippen LogP contribution in [0.3, 0.4) is 0 Å². The molecule has 0 radical (unpaired) electrons. The number of carbonyl (C=O) groups is 2. The minimum absolute atomic E-state index is 0.143. The summed E-state index contributed by atoms with van der Waals surface area (Å²) in [7, 11) is 0. The second kappa shape index (κ2) is 8.18. The predicted molar refractivity (Wildman–Crippen MR) is 107 cm³/mol. The zero-order valence-electron chi connectivity index (χ0n) is 16.0. The first-order valence-corrected chi connectivity index (χ1v) is 9.67. The summed E-state index contributed by atoms with van der Waals surface area (Å²) in [5.74, 6) is -5.35. The van der Waals surface area contributed by atoms with E-state index in [0.717, 1.165) is 22.9 Å². The third kappa shape index (κ3) is 3.75. The van der Waals surface area contributed by atoms with Crippen LogP contribution in [0.4, 0.5) is 13.2 Å². The number of benzene rings is 3. The van der Waals surface area contributed by atoms with Crippen molar-refractivity contribution in [2.45, 2.75) is 18.9 Å². The van der Waals surface area contributed by atoms with Gasteiger partial charge in [0.1, 0.15) is 0 Å². The van der Waals surface area contributed by atoms with Crippen molar-refractivity contribution in [3.8, 4) is 0 Å². The van der Waals surface area contributed by atoms with Gasteiger partial charge in [0, 0.05) is 24.7 Å². The Labute approximate surface area is 171 Å². The van der Waals surface area contributed by atoms with Crippen LogP contribution in [0.1, 0.15) is 33.6 Å². The summed E-state index contributed by atoms with van der Waals surface area (Å²) in [5.41, 5.74) is 0.0857. The Morgan fingerprint density at radius 3 is 2.30 bits per heavy atom. The van der Waals surface area contributed by atoms with Gasteiger partial charge in [-0.05, 0) is 41.8 Å². The van der Waals surface area contributed by atoms with Crippen LogP contribution in [0.25, 0.3) is 10.8 Å². The number of rotatable bonds is 3. The fourth-order valence-corrected chi connectivity index (χ4v) is 3.77. The second-order valence-corrected chi connectivity index (χ2v) is 7.29. The van der Waals surface area contributed by atoms with Crippen molar-refractivity contribution in [1.29, 1.82) is 0 Å². The van der Waals surface area contributed by atoms with Crippen molar-refractivity contribution in [1.82, 2.24) is 10.2 Å². The number of nitrogens with one attached hydrogen (secondary N) is 1. The van der Waals surface area contributed by atoms with Crippen molar-refractivity contribution < 1.29 is 22.8 Å². The Balaban J connectivity index is 1.41. The zero-order chi connectivity index (χ0) is 21.3. The van der Waals surface area contributed by atoms with Crippen molar-refractivity contribution in [3.05, 3.63) is 83.2 Å². The summed E-state index contributed by atoms with van der Waals surface area (Å²) in [6, 6.07) is 14.7. The Morgan fingerprint density at radius 1 is 0.833 bits per heavy atom. The van der Waals surface area contributed by atoms with Gasteiger partial charge in [-0.1, -0.05) is 36.4 Å². The van der Waals surface area contributed by atoms with Crippen LogP contribution in [0.15, 0.2) is 54.6 Å². The third-order valence-corrected chi connectivity index (χ3v) is 5.42. The Morgan fingerprint density at radius 2 is 1.53 bits per heavy atom. The first-order chi connectivity index (χ1) is 14.5. The van der Waals surface area contributed by atoms with Crippen molar-refractivity contribution >= 4 is 22.6 Å². The summed E-state index contributed by atoms with van der Waals surface area (Å²) in [4.78, 5) is 26.6. The number of amides is 2. The molecule has 0 unspecified atom stereocenters. The Hall–Kier alpha value is -3.35. The molecule has 1 fully saturated rings. The lowest BCUT2D eigenvalue weighted by atomic mass is 10.0. The molecule has 0 atom stereocenters. The van der Waals surface area contributed by atoms with Gasteiger partial charge in [-0.3, -0.25) is 9.59 Å². The second-order valence-electron chi connectivity index (χ2n) is 7.29. The van der Waals surface area contributed by atoms with Gasteiger partial charge in [0.05, 0.1) is 5.56 Å². The normalized spacial score (nSPS) is 14.7. The predicted octanol–water partition coefficient (Wildman–Crippen LogP) is 4.29. The molecule has 0 bridgehead atoms. The van der Waals surface area contributed by atoms with Gasteiger partial charge in [-0.2, -0.15) is 0 Å². The lowest BCUT2D eigenvalue weighted by molar-refractivity contribution is 0.0692. The molecule has 3 aromatic carbocycles. The highest BCUT2D eigenvalue weighted by Crippen LogP contribution is 2.21. The molecule has 4 nitrogen and oxygen atoms in total. The van der Waals surface area contributed by atoms with Crippen LogP contribution in [0.5, 0.6) is 0 Å². The van der Waals surface area contributed by atoms with Gasteiger partial charge < -0.3 is 10.2 Å². The van der Waals surface area contributed by atoms with Crippen LogP contribution in [0, 0.1) is 17.5 Å². The van der Waals surface area contributed by atoms with Crippen molar-refractivity contribution in [3.63, 3.8) is 0 Å². The molecule has 4 rings (SSSR count). The topological polar surface area (TPSA) is 49.4 Å². The Bertz CT molecular complexity index is 1120. The van der Waals surface area contributed by atoms with E-state index in [1.807, 2.05) is 36.4 Å². The maximum atomic E-state index is 13.9. The minimum Gasteiger partial charge on any atom is -0.349 e. The van der Waals surface area contributed by atoms with Crippen LogP contribution >= 0.6 is 0 Å². The van der Waals surface area contributed by atoms with Crippen LogP contribution in [0.2, 0.25) is 0 Å². The lowest BCUT2D eigenvalue weighted by Gasteiger charge is -2.32. The van der Waals surface area contributed by atoms with E-state index in [4.69, 9.17) is 0 Å². The average Bonchev–Trinajstić information content (AvgIpc) is 2.77. The molecular weight excluding hydrogens is 393 g/mol. The standard InChI is InChI=1S/C23H19F3N2O2/c24-19-9-8-18(20(25)21(19)26)23(30)28-12-10-15(11-13-28)27-22(29)17-7-3-5-14-4-1-2-6-16(14)17/h1-9,15H,10-13H2,(H,27,29).